The molecule has 1 aromatic carbocycles. The van der Waals surface area contributed by atoms with Gasteiger partial charge in [-0.3, -0.25) is 19.8 Å². The maximum atomic E-state index is 12.6. The lowest BCUT2D eigenvalue weighted by atomic mass is 10.1. The van der Waals surface area contributed by atoms with E-state index in [2.05, 4.69) is 4.90 Å². The molecule has 142 valence electrons. The molecule has 3 heterocycles. The molecule has 1 fully saturated rings. The van der Waals surface area contributed by atoms with E-state index in [1.54, 1.807) is 4.90 Å². The van der Waals surface area contributed by atoms with Crippen LogP contribution in [0.15, 0.2) is 24.3 Å². The summed E-state index contributed by atoms with van der Waals surface area (Å²) in [5.74, 6) is 1.31. The smallest absolute Gasteiger partial charge is 0.299 e. The molecule has 8 nitrogen and oxygen atoms in total. The Labute approximate surface area is 164 Å². The fourth-order valence-electron chi connectivity index (χ4n) is 3.15. The van der Waals surface area contributed by atoms with Crippen LogP contribution < -0.4 is 9.47 Å². The second-order valence-corrected chi connectivity index (χ2v) is 7.94. The molecule has 27 heavy (non-hydrogen) atoms. The predicted octanol–water partition coefficient (Wildman–Crippen LogP) is 3.00. The van der Waals surface area contributed by atoms with E-state index < -0.39 is 4.92 Å². The number of fused-ring (bicyclic) bond motifs is 1. The van der Waals surface area contributed by atoms with Gasteiger partial charge < -0.3 is 14.4 Å². The van der Waals surface area contributed by atoms with E-state index in [1.165, 1.54) is 6.07 Å². The molecule has 2 aromatic rings. The minimum absolute atomic E-state index is 0.0322. The van der Waals surface area contributed by atoms with Crippen LogP contribution in [0.1, 0.15) is 15.2 Å². The highest BCUT2D eigenvalue weighted by molar-refractivity contribution is 7.18. The third-order valence-electron chi connectivity index (χ3n) is 4.58. The molecule has 10 heteroatoms. The monoisotopic (exact) mass is 409 g/mol. The van der Waals surface area contributed by atoms with Gasteiger partial charge in [0.2, 0.25) is 6.79 Å². The molecule has 0 spiro atoms. The Hall–Kier alpha value is -2.36. The number of halogens is 1. The fraction of sp³-hybridized carbons (Fsp3) is 0.353. The summed E-state index contributed by atoms with van der Waals surface area (Å²) >= 11 is 6.81. The van der Waals surface area contributed by atoms with Crippen LogP contribution in [0.4, 0.5) is 5.69 Å². The maximum absolute atomic E-state index is 12.6. The summed E-state index contributed by atoms with van der Waals surface area (Å²) in [5.41, 5.74) is 0.908. The van der Waals surface area contributed by atoms with Crippen molar-refractivity contribution < 1.29 is 19.2 Å². The van der Waals surface area contributed by atoms with Gasteiger partial charge in [-0.2, -0.15) is 0 Å². The van der Waals surface area contributed by atoms with Crippen LogP contribution in [0.5, 0.6) is 11.5 Å². The SMILES string of the molecule is O=C(c1cc([N+](=O)[O-])c(Cl)s1)N1CCN(Cc2ccc3c(c2)OCO3)CC1. The molecule has 2 aliphatic heterocycles. The maximum Gasteiger partial charge on any atom is 0.299 e. The molecule has 1 aromatic heterocycles. The van der Waals surface area contributed by atoms with Crippen LogP contribution in [-0.2, 0) is 6.54 Å². The first-order valence-electron chi connectivity index (χ1n) is 8.35. The zero-order valence-electron chi connectivity index (χ0n) is 14.2. The number of amides is 1. The van der Waals surface area contributed by atoms with Crippen molar-refractivity contribution in [2.75, 3.05) is 33.0 Å². The summed E-state index contributed by atoms with van der Waals surface area (Å²) in [6.07, 6.45) is 0. The highest BCUT2D eigenvalue weighted by Gasteiger charge is 2.27. The number of hydrogen-bond acceptors (Lipinski definition) is 7. The quantitative estimate of drug-likeness (QED) is 0.570. The topological polar surface area (TPSA) is 85.2 Å². The van der Waals surface area contributed by atoms with Gasteiger partial charge in [0.15, 0.2) is 15.8 Å². The standard InChI is InChI=1S/C17H16ClN3O5S/c18-16-12(21(23)24)8-15(27-16)17(22)20-5-3-19(4-6-20)9-11-1-2-13-14(7-11)26-10-25-13/h1-2,7-8H,3-6,9-10H2. The molecule has 0 unspecified atom stereocenters. The van der Waals surface area contributed by atoms with Crippen LogP contribution in [0.3, 0.4) is 0 Å². The first-order chi connectivity index (χ1) is 13.0. The van der Waals surface area contributed by atoms with Gasteiger partial charge >= 0.3 is 0 Å². The van der Waals surface area contributed by atoms with Crippen LogP contribution in [0, 0.1) is 10.1 Å². The van der Waals surface area contributed by atoms with E-state index in [1.807, 2.05) is 18.2 Å². The molecule has 2 aliphatic rings. The Bertz CT molecular complexity index is 895. The van der Waals surface area contributed by atoms with Gasteiger partial charge in [-0.1, -0.05) is 17.7 Å². The number of piperazine rings is 1. The Kier molecular flexibility index (Phi) is 4.90. The highest BCUT2D eigenvalue weighted by atomic mass is 35.5. The lowest BCUT2D eigenvalue weighted by Gasteiger charge is -2.34. The van der Waals surface area contributed by atoms with Crippen LogP contribution in [0.25, 0.3) is 0 Å². The molecule has 1 amide bonds. The van der Waals surface area contributed by atoms with Crippen molar-refractivity contribution in [1.29, 1.82) is 0 Å². The highest BCUT2D eigenvalue weighted by Crippen LogP contribution is 2.35. The van der Waals surface area contributed by atoms with Gasteiger partial charge in [0.25, 0.3) is 11.6 Å². The van der Waals surface area contributed by atoms with Crippen molar-refractivity contribution in [2.24, 2.45) is 0 Å². The van der Waals surface area contributed by atoms with Crippen LogP contribution in [0.2, 0.25) is 4.34 Å². The minimum Gasteiger partial charge on any atom is -0.454 e. The summed E-state index contributed by atoms with van der Waals surface area (Å²) in [5, 5.41) is 10.9. The lowest BCUT2D eigenvalue weighted by molar-refractivity contribution is -0.384. The summed E-state index contributed by atoms with van der Waals surface area (Å²) < 4.78 is 10.8. The summed E-state index contributed by atoms with van der Waals surface area (Å²) in [6.45, 7) is 3.58. The van der Waals surface area contributed by atoms with E-state index in [9.17, 15) is 14.9 Å². The molecule has 0 N–H and O–H groups in total. The summed E-state index contributed by atoms with van der Waals surface area (Å²) in [6, 6.07) is 7.16. The molecule has 4 rings (SSSR count). The number of nitrogens with zero attached hydrogens (tertiary/aromatic N) is 3. The second kappa shape index (κ2) is 7.34. The molecule has 0 atom stereocenters. The number of ether oxygens (including phenoxy) is 2. The number of nitro groups is 1. The normalized spacial score (nSPS) is 16.6. The number of rotatable bonds is 4. The van der Waals surface area contributed by atoms with Crippen molar-refractivity contribution in [3.8, 4) is 11.5 Å². The van der Waals surface area contributed by atoms with Crippen molar-refractivity contribution in [1.82, 2.24) is 9.80 Å². The van der Waals surface area contributed by atoms with Gasteiger partial charge in [-0.25, -0.2) is 0 Å². The zero-order valence-corrected chi connectivity index (χ0v) is 15.8. The van der Waals surface area contributed by atoms with Crippen LogP contribution in [-0.4, -0.2) is 53.6 Å². The Balaban J connectivity index is 1.35. The third kappa shape index (κ3) is 3.71. The van der Waals surface area contributed by atoms with E-state index in [4.69, 9.17) is 21.1 Å². The first-order valence-corrected chi connectivity index (χ1v) is 9.54. The largest absolute Gasteiger partial charge is 0.454 e. The molecule has 0 radical (unpaired) electrons. The van der Waals surface area contributed by atoms with Crippen molar-refractivity contribution >= 4 is 34.5 Å². The van der Waals surface area contributed by atoms with Gasteiger partial charge in [-0.05, 0) is 17.7 Å². The first kappa shape index (κ1) is 18.0. The van der Waals surface area contributed by atoms with E-state index >= 15 is 0 Å². The second-order valence-electron chi connectivity index (χ2n) is 6.28. The predicted molar refractivity (Wildman–Crippen MR) is 99.7 cm³/mol. The number of hydrogen-bond donors (Lipinski definition) is 0. The molecule has 0 aliphatic carbocycles. The Morgan fingerprint density at radius 2 is 1.93 bits per heavy atom. The number of benzene rings is 1. The van der Waals surface area contributed by atoms with E-state index in [0.29, 0.717) is 18.0 Å². The molecule has 0 bridgehead atoms. The number of carbonyl (C=O) groups excluding carboxylic acids is 1. The van der Waals surface area contributed by atoms with Gasteiger partial charge in [0, 0.05) is 38.8 Å². The summed E-state index contributed by atoms with van der Waals surface area (Å²) in [7, 11) is 0. The molecule has 0 saturated carbocycles. The summed E-state index contributed by atoms with van der Waals surface area (Å²) in [4.78, 5) is 27.2. The lowest BCUT2D eigenvalue weighted by Crippen LogP contribution is -2.48. The van der Waals surface area contributed by atoms with Crippen molar-refractivity contribution in [3.63, 3.8) is 0 Å². The van der Waals surface area contributed by atoms with Gasteiger partial charge in [-0.15, -0.1) is 11.3 Å². The van der Waals surface area contributed by atoms with E-state index in [0.717, 1.165) is 48.0 Å². The fourth-order valence-corrected chi connectivity index (χ4v) is 4.34. The molecular weight excluding hydrogens is 394 g/mol. The third-order valence-corrected chi connectivity index (χ3v) is 5.90. The van der Waals surface area contributed by atoms with Crippen LogP contribution >= 0.6 is 22.9 Å². The minimum atomic E-state index is -0.571. The Morgan fingerprint density at radius 1 is 1.19 bits per heavy atom. The Morgan fingerprint density at radius 3 is 2.63 bits per heavy atom. The molecule has 1 saturated heterocycles. The zero-order chi connectivity index (χ0) is 19.0. The van der Waals surface area contributed by atoms with Crippen molar-refractivity contribution in [3.05, 3.63) is 49.2 Å². The number of carbonyl (C=O) groups is 1. The molecular formula is C17H16ClN3O5S. The van der Waals surface area contributed by atoms with E-state index in [-0.39, 0.29) is 22.7 Å². The van der Waals surface area contributed by atoms with Gasteiger partial charge in [0.1, 0.15) is 4.88 Å². The van der Waals surface area contributed by atoms with Crippen molar-refractivity contribution in [2.45, 2.75) is 6.54 Å². The average molecular weight is 410 g/mol. The average Bonchev–Trinajstić information content (AvgIpc) is 3.27. The number of thiophene rings is 1. The van der Waals surface area contributed by atoms with Gasteiger partial charge in [0.05, 0.1) is 4.92 Å².